The third-order valence-electron chi connectivity index (χ3n) is 5.98. The zero-order valence-corrected chi connectivity index (χ0v) is 22.2. The van der Waals surface area contributed by atoms with Crippen LogP contribution >= 0.6 is 11.6 Å². The lowest BCUT2D eigenvalue weighted by Gasteiger charge is -2.28. The van der Waals surface area contributed by atoms with Crippen LogP contribution in [0.15, 0.2) is 60.7 Å². The normalized spacial score (nSPS) is 13.3. The van der Waals surface area contributed by atoms with Crippen LogP contribution in [0.25, 0.3) is 0 Å². The molecule has 0 saturated carbocycles. The van der Waals surface area contributed by atoms with Crippen LogP contribution in [0, 0.1) is 12.7 Å². The van der Waals surface area contributed by atoms with Crippen molar-refractivity contribution in [1.29, 1.82) is 0 Å². The van der Waals surface area contributed by atoms with Crippen LogP contribution in [0.1, 0.15) is 53.9 Å². The van der Waals surface area contributed by atoms with Crippen molar-refractivity contribution in [2.75, 3.05) is 13.2 Å². The number of ether oxygens (including phenoxy) is 2. The summed E-state index contributed by atoms with van der Waals surface area (Å²) in [5.41, 5.74) is 2.12. The molecule has 0 fully saturated rings. The lowest BCUT2D eigenvalue weighted by atomic mass is 9.94. The average molecular weight is 530 g/mol. The number of hydrogen-bond acceptors (Lipinski definition) is 5. The van der Waals surface area contributed by atoms with Gasteiger partial charge in [0.1, 0.15) is 17.3 Å². The fourth-order valence-electron chi connectivity index (χ4n) is 3.95. The fourth-order valence-corrected chi connectivity index (χ4v) is 4.06. The van der Waals surface area contributed by atoms with Crippen molar-refractivity contribution in [3.8, 4) is 11.5 Å². The van der Waals surface area contributed by atoms with Crippen molar-refractivity contribution in [2.24, 2.45) is 0 Å². The lowest BCUT2D eigenvalue weighted by molar-refractivity contribution is -0.00481. The van der Waals surface area contributed by atoms with Crippen molar-refractivity contribution < 1.29 is 28.9 Å². The lowest BCUT2D eigenvalue weighted by Crippen LogP contribution is -2.46. The number of aryl methyl sites for hydroxylation is 1. The molecule has 0 aliphatic carbocycles. The molecule has 1 unspecified atom stereocenters. The first kappa shape index (κ1) is 28.6. The molecule has 0 saturated heterocycles. The number of aromatic carboxylic acids is 1. The molecule has 0 amide bonds. The molecular formula is C29H33ClFNO5. The van der Waals surface area contributed by atoms with E-state index in [-0.39, 0.29) is 28.8 Å². The predicted molar refractivity (Wildman–Crippen MR) is 142 cm³/mol. The monoisotopic (exact) mass is 529 g/mol. The van der Waals surface area contributed by atoms with E-state index in [1.165, 1.54) is 12.1 Å². The number of β-amino-alcohol motifs (C(OH)–C–C–N with tert-alkyl or cyclic N) is 1. The molecule has 6 nitrogen and oxygen atoms in total. The maximum atomic E-state index is 13.8. The Bertz CT molecular complexity index is 1230. The third kappa shape index (κ3) is 8.27. The van der Waals surface area contributed by atoms with Gasteiger partial charge in [-0.15, -0.1) is 0 Å². The van der Waals surface area contributed by atoms with E-state index in [9.17, 15) is 19.4 Å². The highest BCUT2D eigenvalue weighted by molar-refractivity contribution is 6.30. The largest absolute Gasteiger partial charge is 0.478 e. The molecule has 3 N–H and O–H groups in total. The number of carboxylic acid groups (broad SMARTS) is 1. The molecule has 3 aromatic carbocycles. The number of aliphatic hydroxyl groups is 1. The summed E-state index contributed by atoms with van der Waals surface area (Å²) in [6.45, 7) is 8.02. The second kappa shape index (κ2) is 12.5. The summed E-state index contributed by atoms with van der Waals surface area (Å²) < 4.78 is 25.8. The van der Waals surface area contributed by atoms with Crippen LogP contribution < -0.4 is 10.1 Å². The summed E-state index contributed by atoms with van der Waals surface area (Å²) in [4.78, 5) is 11.2. The first-order valence-electron chi connectivity index (χ1n) is 12.0. The fraction of sp³-hybridized carbons (Fsp3) is 0.345. The molecule has 0 aromatic heterocycles. The Morgan fingerprint density at radius 3 is 2.51 bits per heavy atom. The topological polar surface area (TPSA) is 88.0 Å². The highest BCUT2D eigenvalue weighted by atomic mass is 35.5. The van der Waals surface area contributed by atoms with Gasteiger partial charge in [0.25, 0.3) is 0 Å². The highest BCUT2D eigenvalue weighted by Gasteiger charge is 2.21. The standard InChI is InChI=1S/C29H33ClFNO5/c1-18-13-21(28(34)35)10-12-26(18)37-27-8-6-5-7-23(27)19(2)36-17-22(33)16-32-29(3,4)15-20-9-11-24(30)25(31)14-20/h5-14,19,22,32-33H,15-17H2,1-4H3,(H,34,35)/t19?,22-/m1/s1. The molecule has 0 spiro atoms. The molecule has 0 radical (unpaired) electrons. The van der Waals surface area contributed by atoms with E-state index in [0.29, 0.717) is 30.0 Å². The highest BCUT2D eigenvalue weighted by Crippen LogP contribution is 2.33. The van der Waals surface area contributed by atoms with Crippen LogP contribution in [0.4, 0.5) is 4.39 Å². The van der Waals surface area contributed by atoms with E-state index in [1.54, 1.807) is 31.2 Å². The number of nitrogens with one attached hydrogen (secondary N) is 1. The number of benzene rings is 3. The first-order valence-corrected chi connectivity index (χ1v) is 12.4. The second-order valence-corrected chi connectivity index (χ2v) is 10.2. The van der Waals surface area contributed by atoms with Crippen molar-refractivity contribution in [1.82, 2.24) is 5.32 Å². The van der Waals surface area contributed by atoms with E-state index < -0.39 is 17.9 Å². The van der Waals surface area contributed by atoms with Gasteiger partial charge in [0.15, 0.2) is 0 Å². The SMILES string of the molecule is Cc1cc(C(=O)O)ccc1Oc1ccccc1C(C)OC[C@H](O)CNC(C)(C)Cc1ccc(Cl)c(F)c1. The number of para-hydroxylation sites is 1. The van der Waals surface area contributed by atoms with Gasteiger partial charge in [-0.2, -0.15) is 0 Å². The van der Waals surface area contributed by atoms with Gasteiger partial charge < -0.3 is 25.0 Å². The van der Waals surface area contributed by atoms with Crippen molar-refractivity contribution in [3.63, 3.8) is 0 Å². The van der Waals surface area contributed by atoms with Gasteiger partial charge in [-0.25, -0.2) is 9.18 Å². The maximum absolute atomic E-state index is 13.8. The number of rotatable bonds is 12. The quantitative estimate of drug-likeness (QED) is 0.254. The molecule has 0 heterocycles. The Kier molecular flexibility index (Phi) is 9.68. The van der Waals surface area contributed by atoms with Crippen molar-refractivity contribution in [3.05, 3.63) is 93.8 Å². The molecule has 3 aromatic rings. The Labute approximate surface area is 222 Å². The van der Waals surface area contributed by atoms with Crippen molar-refractivity contribution in [2.45, 2.75) is 51.9 Å². The van der Waals surface area contributed by atoms with E-state index in [1.807, 2.05) is 45.0 Å². The summed E-state index contributed by atoms with van der Waals surface area (Å²) in [6.07, 6.45) is -0.570. The van der Waals surface area contributed by atoms with Crippen LogP contribution in [0.5, 0.6) is 11.5 Å². The average Bonchev–Trinajstić information content (AvgIpc) is 2.85. The predicted octanol–water partition coefficient (Wildman–Crippen LogP) is 6.33. The van der Waals surface area contributed by atoms with Gasteiger partial charge in [-0.1, -0.05) is 35.9 Å². The Balaban J connectivity index is 1.55. The number of aliphatic hydroxyl groups excluding tert-OH is 1. The van der Waals surface area contributed by atoms with Crippen LogP contribution in [-0.2, 0) is 11.2 Å². The Morgan fingerprint density at radius 2 is 1.84 bits per heavy atom. The van der Waals surface area contributed by atoms with Crippen LogP contribution in [0.2, 0.25) is 5.02 Å². The molecule has 0 bridgehead atoms. The van der Waals surface area contributed by atoms with Gasteiger partial charge in [-0.3, -0.25) is 0 Å². The van der Waals surface area contributed by atoms with Crippen LogP contribution in [0.3, 0.4) is 0 Å². The number of carbonyl (C=O) groups is 1. The number of hydrogen-bond donors (Lipinski definition) is 3. The smallest absolute Gasteiger partial charge is 0.335 e. The molecule has 2 atom stereocenters. The Morgan fingerprint density at radius 1 is 1.11 bits per heavy atom. The van der Waals surface area contributed by atoms with E-state index in [4.69, 9.17) is 21.1 Å². The van der Waals surface area contributed by atoms with Crippen LogP contribution in [-0.4, -0.2) is 41.0 Å². The zero-order valence-electron chi connectivity index (χ0n) is 21.4. The summed E-state index contributed by atoms with van der Waals surface area (Å²) in [5, 5.41) is 23.1. The molecule has 0 aliphatic heterocycles. The summed E-state index contributed by atoms with van der Waals surface area (Å²) in [5.74, 6) is -0.303. The summed E-state index contributed by atoms with van der Waals surface area (Å²) in [7, 11) is 0. The summed E-state index contributed by atoms with van der Waals surface area (Å²) in [6, 6.07) is 16.9. The first-order chi connectivity index (χ1) is 17.4. The molecule has 8 heteroatoms. The third-order valence-corrected chi connectivity index (χ3v) is 6.29. The molecule has 3 rings (SSSR count). The number of halogens is 2. The second-order valence-electron chi connectivity index (χ2n) is 9.74. The van der Waals surface area contributed by atoms with E-state index >= 15 is 0 Å². The van der Waals surface area contributed by atoms with E-state index in [2.05, 4.69) is 5.32 Å². The minimum Gasteiger partial charge on any atom is -0.478 e. The number of carboxylic acids is 1. The van der Waals surface area contributed by atoms with Crippen molar-refractivity contribution >= 4 is 17.6 Å². The van der Waals surface area contributed by atoms with Gasteiger partial charge in [0.2, 0.25) is 0 Å². The van der Waals surface area contributed by atoms with Gasteiger partial charge >= 0.3 is 5.97 Å². The molecule has 198 valence electrons. The summed E-state index contributed by atoms with van der Waals surface area (Å²) >= 11 is 5.77. The minimum absolute atomic E-state index is 0.0920. The molecule has 0 aliphatic rings. The molecular weight excluding hydrogens is 497 g/mol. The Hall–Kier alpha value is -2.97. The van der Waals surface area contributed by atoms with Gasteiger partial charge in [-0.05, 0) is 81.6 Å². The molecule has 37 heavy (non-hydrogen) atoms. The zero-order chi connectivity index (χ0) is 27.2. The van der Waals surface area contributed by atoms with Gasteiger partial charge in [0.05, 0.1) is 29.4 Å². The van der Waals surface area contributed by atoms with Gasteiger partial charge in [0, 0.05) is 17.6 Å². The maximum Gasteiger partial charge on any atom is 0.335 e. The van der Waals surface area contributed by atoms with E-state index in [0.717, 1.165) is 11.1 Å². The minimum atomic E-state index is -0.993.